The van der Waals surface area contributed by atoms with Gasteiger partial charge >= 0.3 is 80.4 Å². The minimum atomic E-state index is -5.67. The van der Waals surface area contributed by atoms with Crippen molar-refractivity contribution in [1.29, 1.82) is 0 Å². The van der Waals surface area contributed by atoms with Gasteiger partial charge in [-0.05, 0) is 0 Å². The molecule has 19 nitrogen and oxygen atoms in total. The molecular weight excluding hydrogens is 588 g/mol. The van der Waals surface area contributed by atoms with Gasteiger partial charge in [0.1, 0.15) is 42.7 Å². The van der Waals surface area contributed by atoms with Crippen molar-refractivity contribution in [2.45, 2.75) is 49.0 Å². The van der Waals surface area contributed by atoms with Crippen molar-refractivity contribution in [3.8, 4) is 0 Å². The predicted molar refractivity (Wildman–Crippen MR) is 112 cm³/mol. The molecular formula is C15H26N2Na2O17P2. The Morgan fingerprint density at radius 2 is 1.74 bits per heavy atom. The van der Waals surface area contributed by atoms with Gasteiger partial charge in [-0.25, -0.2) is 13.9 Å². The standard InChI is InChI=1S/C15H24N2O17P2.2Na.2H/c18-3-6(20)10(22)11(23)7(4-19)33-36(30,34-35(27,28)29)31-5-8-12(24)13(25)14(32-8)17-2-1-9(21)16-15(17)26;;;;/h1-3,6-8,10-14,19-20,22-25H,4-5H2,(H,16,21,26)(H2,27,28,29);;;;/q;2*+1;2*-1/t6-,7+,8+,10+,11+,12+,13+,14+,36?;;;;/m0..../s1. The van der Waals surface area contributed by atoms with Crippen LogP contribution < -0.4 is 70.4 Å². The van der Waals surface area contributed by atoms with Gasteiger partial charge in [-0.1, -0.05) is 0 Å². The van der Waals surface area contributed by atoms with Crippen LogP contribution in [0.5, 0.6) is 0 Å². The summed E-state index contributed by atoms with van der Waals surface area (Å²) < 4.78 is 43.5. The van der Waals surface area contributed by atoms with Gasteiger partial charge in [0.2, 0.25) is 0 Å². The normalized spacial score (nSPS) is 26.2. The average Bonchev–Trinajstić information content (AvgIpc) is 3.07. The van der Waals surface area contributed by atoms with Gasteiger partial charge in [-0.15, -0.1) is 0 Å². The second-order valence-corrected chi connectivity index (χ2v) is 10.3. The van der Waals surface area contributed by atoms with E-state index in [1.807, 2.05) is 4.98 Å². The number of aromatic amines is 1. The third kappa shape index (κ3) is 10.3. The molecule has 1 aliphatic heterocycles. The fraction of sp³-hybridized carbons (Fsp3) is 0.667. The van der Waals surface area contributed by atoms with Gasteiger partial charge in [0.25, 0.3) is 5.56 Å². The van der Waals surface area contributed by atoms with Gasteiger partial charge in [-0.2, -0.15) is 4.31 Å². The van der Waals surface area contributed by atoms with Crippen molar-refractivity contribution in [2.75, 3.05) is 13.2 Å². The van der Waals surface area contributed by atoms with E-state index in [9.17, 15) is 54.2 Å². The van der Waals surface area contributed by atoms with Crippen LogP contribution in [0.2, 0.25) is 0 Å². The molecule has 1 aromatic heterocycles. The zero-order valence-electron chi connectivity index (χ0n) is 21.9. The van der Waals surface area contributed by atoms with Gasteiger partial charge < -0.3 is 52.8 Å². The molecule has 0 radical (unpaired) electrons. The SMILES string of the molecule is O=C[C@H](O)[C@@H](O)[C@H](O)[C@@H](CO)OP(=O)(OC[C@H]1O[C@@H](n2ccc(=O)[nH]c2=O)[C@H](O)[C@@H]1O)OP(=O)(O)O.[H-].[H-].[Na+].[Na+]. The average molecular weight is 614 g/mol. The maximum absolute atomic E-state index is 12.9. The van der Waals surface area contributed by atoms with Crippen molar-refractivity contribution in [2.24, 2.45) is 0 Å². The van der Waals surface area contributed by atoms with Crippen LogP contribution in [-0.2, 0) is 32.0 Å². The molecule has 9 atom stereocenters. The number of ether oxygens (including phenoxy) is 1. The smallest absolute Gasteiger partial charge is 1.00 e. The quantitative estimate of drug-likeness (QED) is 0.0566. The molecule has 0 aromatic carbocycles. The van der Waals surface area contributed by atoms with Crippen LogP contribution in [0.4, 0.5) is 0 Å². The second kappa shape index (κ2) is 16.1. The summed E-state index contributed by atoms with van der Waals surface area (Å²) in [5.41, 5.74) is -1.81. The molecule has 38 heavy (non-hydrogen) atoms. The van der Waals surface area contributed by atoms with E-state index in [2.05, 4.69) is 8.83 Å². The summed E-state index contributed by atoms with van der Waals surface area (Å²) in [6.45, 7) is -2.40. The third-order valence-electron chi connectivity index (χ3n) is 4.73. The van der Waals surface area contributed by atoms with Crippen LogP contribution in [0.1, 0.15) is 9.08 Å². The fourth-order valence-electron chi connectivity index (χ4n) is 2.96. The van der Waals surface area contributed by atoms with E-state index in [4.69, 9.17) is 19.0 Å². The maximum atomic E-state index is 12.9. The summed E-state index contributed by atoms with van der Waals surface area (Å²) in [7, 11) is -11.2. The molecule has 1 aliphatic rings. The first kappa shape index (κ1) is 38.3. The van der Waals surface area contributed by atoms with Crippen molar-refractivity contribution in [3.05, 3.63) is 33.1 Å². The first-order valence-electron chi connectivity index (χ1n) is 9.75. The van der Waals surface area contributed by atoms with Crippen LogP contribution in [0.3, 0.4) is 0 Å². The number of aromatic nitrogens is 2. The molecule has 23 heteroatoms. The summed E-state index contributed by atoms with van der Waals surface area (Å²) in [5.74, 6) is 0. The maximum Gasteiger partial charge on any atom is 1.00 e. The van der Waals surface area contributed by atoms with E-state index in [1.165, 1.54) is 0 Å². The van der Waals surface area contributed by atoms with Crippen LogP contribution in [0.25, 0.3) is 0 Å². The summed E-state index contributed by atoms with van der Waals surface area (Å²) in [4.78, 5) is 53.7. The molecule has 1 unspecified atom stereocenters. The van der Waals surface area contributed by atoms with Crippen molar-refractivity contribution < 1.29 is 134 Å². The Morgan fingerprint density at radius 3 is 2.24 bits per heavy atom. The number of aliphatic hydroxyl groups excluding tert-OH is 6. The van der Waals surface area contributed by atoms with Crippen molar-refractivity contribution in [1.82, 2.24) is 9.55 Å². The minimum absolute atomic E-state index is 0. The van der Waals surface area contributed by atoms with E-state index in [0.717, 1.165) is 12.3 Å². The number of hydrogen-bond donors (Lipinski definition) is 9. The zero-order chi connectivity index (χ0) is 27.4. The Bertz CT molecular complexity index is 1120. The molecule has 0 aliphatic carbocycles. The number of phosphoric acid groups is 2. The molecule has 0 saturated carbocycles. The number of carbonyl (C=O) groups excluding carboxylic acids is 1. The minimum Gasteiger partial charge on any atom is -1.00 e. The van der Waals surface area contributed by atoms with E-state index < -0.39 is 89.1 Å². The van der Waals surface area contributed by atoms with E-state index in [-0.39, 0.29) is 68.3 Å². The van der Waals surface area contributed by atoms with Crippen LogP contribution in [0, 0.1) is 0 Å². The molecule has 9 N–H and O–H groups in total. The number of nitrogens with one attached hydrogen (secondary N) is 1. The van der Waals surface area contributed by atoms with E-state index in [1.54, 1.807) is 0 Å². The number of aliphatic hydroxyl groups is 6. The Balaban J connectivity index is -0.00000342. The monoisotopic (exact) mass is 614 g/mol. The van der Waals surface area contributed by atoms with Crippen LogP contribution in [-0.4, -0.2) is 112 Å². The van der Waals surface area contributed by atoms with Crippen LogP contribution >= 0.6 is 15.6 Å². The number of hydrogen-bond acceptors (Lipinski definition) is 15. The van der Waals surface area contributed by atoms with E-state index in [0.29, 0.717) is 4.57 Å². The Labute approximate surface area is 259 Å². The molecule has 1 saturated heterocycles. The number of nitrogens with zero attached hydrogens (tertiary/aromatic N) is 1. The number of carbonyl (C=O) groups is 1. The van der Waals surface area contributed by atoms with Gasteiger partial charge in [-0.3, -0.25) is 23.4 Å². The Kier molecular flexibility index (Phi) is 16.2. The van der Waals surface area contributed by atoms with Crippen molar-refractivity contribution in [3.63, 3.8) is 0 Å². The van der Waals surface area contributed by atoms with Gasteiger partial charge in [0, 0.05) is 12.3 Å². The molecule has 210 valence electrons. The first-order chi connectivity index (χ1) is 16.6. The van der Waals surface area contributed by atoms with Gasteiger partial charge in [0.05, 0.1) is 13.2 Å². The summed E-state index contributed by atoms with van der Waals surface area (Å²) in [6.07, 6.45) is -15.3. The molecule has 0 spiro atoms. The largest absolute Gasteiger partial charge is 1.00 e. The predicted octanol–water partition coefficient (Wildman–Crippen LogP) is -10.7. The summed E-state index contributed by atoms with van der Waals surface area (Å²) in [6, 6.07) is 0.903. The summed E-state index contributed by atoms with van der Waals surface area (Å²) in [5, 5.41) is 58.7. The fourth-order valence-corrected chi connectivity index (χ4v) is 5.26. The molecule has 0 bridgehead atoms. The zero-order valence-corrected chi connectivity index (χ0v) is 25.6. The molecule has 1 fully saturated rings. The second-order valence-electron chi connectivity index (χ2n) is 7.31. The molecule has 0 amide bonds. The topological polar surface area (TPSA) is 305 Å². The summed E-state index contributed by atoms with van der Waals surface area (Å²) >= 11 is 0. The number of H-pyrrole nitrogens is 1. The Hall–Kier alpha value is 0.330. The van der Waals surface area contributed by atoms with Crippen molar-refractivity contribution >= 4 is 21.9 Å². The Morgan fingerprint density at radius 1 is 1.13 bits per heavy atom. The number of rotatable bonds is 13. The van der Waals surface area contributed by atoms with Crippen LogP contribution in [0.15, 0.2) is 21.9 Å². The molecule has 1 aromatic rings. The van der Waals surface area contributed by atoms with Gasteiger partial charge in [0.15, 0.2) is 12.5 Å². The number of phosphoric ester groups is 1. The first-order valence-corrected chi connectivity index (χ1v) is 12.7. The third-order valence-corrected chi connectivity index (χ3v) is 7.38. The molecule has 2 heterocycles. The molecule has 2 rings (SSSR count). The number of aldehydes is 1. The van der Waals surface area contributed by atoms with E-state index >= 15 is 0 Å².